The Bertz CT molecular complexity index is 509. The number of hydrogen-bond acceptors (Lipinski definition) is 3. The quantitative estimate of drug-likeness (QED) is 0.827. The van der Waals surface area contributed by atoms with Crippen molar-refractivity contribution in [2.24, 2.45) is 0 Å². The van der Waals surface area contributed by atoms with Crippen LogP contribution in [0.5, 0.6) is 0 Å². The first-order chi connectivity index (χ1) is 9.55. The van der Waals surface area contributed by atoms with Gasteiger partial charge in [0.05, 0.1) is 11.7 Å². The molecule has 2 aliphatic heterocycles. The van der Waals surface area contributed by atoms with Crippen LogP contribution in [-0.2, 0) is 4.74 Å². The Balaban J connectivity index is 1.80. The third-order valence-corrected chi connectivity index (χ3v) is 4.36. The molecular formula is C17H23NO2. The molecule has 0 saturated carbocycles. The highest BCUT2D eigenvalue weighted by atomic mass is 16.5. The highest BCUT2D eigenvalue weighted by molar-refractivity contribution is 6.01. The van der Waals surface area contributed by atoms with Crippen LogP contribution in [0.4, 0.5) is 5.69 Å². The molecular weight excluding hydrogens is 250 g/mol. The molecule has 3 rings (SSSR count). The van der Waals surface area contributed by atoms with Crippen molar-refractivity contribution in [3.8, 4) is 0 Å². The molecule has 0 bridgehead atoms. The number of rotatable bonds is 2. The Morgan fingerprint density at radius 3 is 2.90 bits per heavy atom. The molecule has 108 valence electrons. The van der Waals surface area contributed by atoms with E-state index in [0.29, 0.717) is 6.42 Å². The molecule has 1 unspecified atom stereocenters. The average Bonchev–Trinajstić information content (AvgIpc) is 2.68. The maximum absolute atomic E-state index is 12.1. The zero-order chi connectivity index (χ0) is 14.2. The number of benzene rings is 1. The Kier molecular flexibility index (Phi) is 3.55. The first-order valence-electron chi connectivity index (χ1n) is 7.60. The third kappa shape index (κ3) is 2.73. The Morgan fingerprint density at radius 1 is 1.35 bits per heavy atom. The Labute approximate surface area is 120 Å². The van der Waals surface area contributed by atoms with E-state index in [-0.39, 0.29) is 17.5 Å². The number of Topliss-reactive ketones (excluding diaryl/α,β-unsaturated/α-hetero) is 1. The lowest BCUT2D eigenvalue weighted by atomic mass is 10.0. The summed E-state index contributed by atoms with van der Waals surface area (Å²) in [5.41, 5.74) is 1.97. The molecule has 1 atom stereocenters. The van der Waals surface area contributed by atoms with Crippen molar-refractivity contribution in [2.45, 2.75) is 51.2 Å². The fraction of sp³-hybridized carbons (Fsp3) is 0.588. The molecule has 0 aliphatic carbocycles. The maximum atomic E-state index is 12.1. The fourth-order valence-electron chi connectivity index (χ4n) is 3.31. The summed E-state index contributed by atoms with van der Waals surface area (Å²) >= 11 is 0. The molecule has 1 aromatic carbocycles. The molecule has 0 N–H and O–H groups in total. The van der Waals surface area contributed by atoms with E-state index in [9.17, 15) is 4.79 Å². The minimum absolute atomic E-state index is 0.00581. The molecule has 2 heterocycles. The summed E-state index contributed by atoms with van der Waals surface area (Å²) in [6.45, 7) is 6.16. The van der Waals surface area contributed by atoms with Gasteiger partial charge in [-0.15, -0.1) is 0 Å². The normalized spacial score (nSPS) is 25.4. The number of carbonyl (C=O) groups excluding carboxylic acids is 1. The van der Waals surface area contributed by atoms with Crippen LogP contribution >= 0.6 is 0 Å². The van der Waals surface area contributed by atoms with Gasteiger partial charge in [-0.1, -0.05) is 12.1 Å². The average molecular weight is 273 g/mol. The highest BCUT2D eigenvalue weighted by Crippen LogP contribution is 2.32. The van der Waals surface area contributed by atoms with Crippen molar-refractivity contribution >= 4 is 11.5 Å². The summed E-state index contributed by atoms with van der Waals surface area (Å²) in [6.07, 6.45) is 4.10. The maximum Gasteiger partial charge on any atom is 0.165 e. The van der Waals surface area contributed by atoms with Crippen LogP contribution in [0.2, 0.25) is 0 Å². The lowest BCUT2D eigenvalue weighted by molar-refractivity contribution is -0.0115. The van der Waals surface area contributed by atoms with Crippen LogP contribution in [0.1, 0.15) is 49.9 Å². The molecule has 1 fully saturated rings. The van der Waals surface area contributed by atoms with Crippen LogP contribution in [0.25, 0.3) is 0 Å². The largest absolute Gasteiger partial charge is 0.371 e. The van der Waals surface area contributed by atoms with Crippen LogP contribution in [0.15, 0.2) is 24.3 Å². The molecule has 2 aliphatic rings. The van der Waals surface area contributed by atoms with Gasteiger partial charge in [0, 0.05) is 30.8 Å². The second kappa shape index (κ2) is 5.21. The molecule has 0 amide bonds. The first-order valence-corrected chi connectivity index (χ1v) is 7.60. The predicted octanol–water partition coefficient (Wildman–Crippen LogP) is 3.43. The lowest BCUT2D eigenvalue weighted by Crippen LogP contribution is -2.34. The van der Waals surface area contributed by atoms with Crippen LogP contribution in [0.3, 0.4) is 0 Å². The number of hydrogen-bond donors (Lipinski definition) is 0. The molecule has 0 spiro atoms. The number of ketones is 1. The molecule has 0 aromatic heterocycles. The SMILES string of the molecule is CC1(C)CCC(CN2CCCC(=O)c3ccccc32)O1. The van der Waals surface area contributed by atoms with Crippen molar-refractivity contribution in [3.63, 3.8) is 0 Å². The van der Waals surface area contributed by atoms with E-state index in [4.69, 9.17) is 4.74 Å². The predicted molar refractivity (Wildman–Crippen MR) is 80.4 cm³/mol. The van der Waals surface area contributed by atoms with E-state index in [1.54, 1.807) is 0 Å². The topological polar surface area (TPSA) is 29.5 Å². The van der Waals surface area contributed by atoms with Gasteiger partial charge in [-0.05, 0) is 45.2 Å². The van der Waals surface area contributed by atoms with Gasteiger partial charge in [-0.2, -0.15) is 0 Å². The van der Waals surface area contributed by atoms with E-state index in [1.165, 1.54) is 0 Å². The second-order valence-corrected chi connectivity index (χ2v) is 6.53. The fourth-order valence-corrected chi connectivity index (χ4v) is 3.31. The van der Waals surface area contributed by atoms with Gasteiger partial charge in [-0.25, -0.2) is 0 Å². The van der Waals surface area contributed by atoms with Gasteiger partial charge >= 0.3 is 0 Å². The van der Waals surface area contributed by atoms with Crippen LogP contribution in [-0.4, -0.2) is 30.6 Å². The molecule has 3 nitrogen and oxygen atoms in total. The van der Waals surface area contributed by atoms with Crippen molar-refractivity contribution in [2.75, 3.05) is 18.0 Å². The Morgan fingerprint density at radius 2 is 2.15 bits per heavy atom. The monoisotopic (exact) mass is 273 g/mol. The van der Waals surface area contributed by atoms with Gasteiger partial charge in [-0.3, -0.25) is 4.79 Å². The number of anilines is 1. The van der Waals surface area contributed by atoms with Crippen LogP contribution < -0.4 is 4.90 Å². The Hall–Kier alpha value is -1.35. The van der Waals surface area contributed by atoms with E-state index < -0.39 is 0 Å². The van der Waals surface area contributed by atoms with Crippen molar-refractivity contribution < 1.29 is 9.53 Å². The van der Waals surface area contributed by atoms with Gasteiger partial charge in [0.1, 0.15) is 0 Å². The zero-order valence-electron chi connectivity index (χ0n) is 12.4. The van der Waals surface area contributed by atoms with E-state index in [1.807, 2.05) is 18.2 Å². The molecule has 1 aromatic rings. The summed E-state index contributed by atoms with van der Waals surface area (Å²) < 4.78 is 6.11. The van der Waals surface area contributed by atoms with Crippen molar-refractivity contribution in [1.29, 1.82) is 0 Å². The van der Waals surface area contributed by atoms with Crippen molar-refractivity contribution in [3.05, 3.63) is 29.8 Å². The highest BCUT2D eigenvalue weighted by Gasteiger charge is 2.33. The van der Waals surface area contributed by atoms with Gasteiger partial charge in [0.15, 0.2) is 5.78 Å². The van der Waals surface area contributed by atoms with E-state index in [2.05, 4.69) is 24.8 Å². The molecule has 1 saturated heterocycles. The lowest BCUT2D eigenvalue weighted by Gasteiger charge is -2.28. The number of carbonyl (C=O) groups is 1. The van der Waals surface area contributed by atoms with Gasteiger partial charge < -0.3 is 9.64 Å². The summed E-state index contributed by atoms with van der Waals surface area (Å²) in [5.74, 6) is 0.274. The van der Waals surface area contributed by atoms with E-state index in [0.717, 1.165) is 43.6 Å². The van der Waals surface area contributed by atoms with Gasteiger partial charge in [0.25, 0.3) is 0 Å². The first kappa shape index (κ1) is 13.6. The van der Waals surface area contributed by atoms with Gasteiger partial charge in [0.2, 0.25) is 0 Å². The summed E-state index contributed by atoms with van der Waals surface area (Å²) in [4.78, 5) is 14.5. The molecule has 20 heavy (non-hydrogen) atoms. The summed E-state index contributed by atoms with van der Waals surface area (Å²) in [7, 11) is 0. The number of para-hydroxylation sites is 1. The number of ether oxygens (including phenoxy) is 1. The molecule has 0 radical (unpaired) electrons. The number of nitrogens with zero attached hydrogens (tertiary/aromatic N) is 1. The third-order valence-electron chi connectivity index (χ3n) is 4.36. The molecule has 3 heteroatoms. The van der Waals surface area contributed by atoms with E-state index >= 15 is 0 Å². The number of fused-ring (bicyclic) bond motifs is 1. The smallest absolute Gasteiger partial charge is 0.165 e. The summed E-state index contributed by atoms with van der Waals surface area (Å²) in [5, 5.41) is 0. The minimum Gasteiger partial charge on any atom is -0.371 e. The second-order valence-electron chi connectivity index (χ2n) is 6.53. The summed E-state index contributed by atoms with van der Waals surface area (Å²) in [6, 6.07) is 7.99. The van der Waals surface area contributed by atoms with Crippen LogP contribution in [0, 0.1) is 0 Å². The minimum atomic E-state index is 0.00581. The van der Waals surface area contributed by atoms with Crippen molar-refractivity contribution in [1.82, 2.24) is 0 Å². The standard InChI is InChI=1S/C17H23NO2/c1-17(2)10-9-13(20-17)12-18-11-5-8-16(19)14-6-3-4-7-15(14)18/h3-4,6-7,13H,5,8-12H2,1-2H3. The zero-order valence-corrected chi connectivity index (χ0v) is 12.4.